The normalized spacial score (nSPS) is 34.5. The van der Waals surface area contributed by atoms with Crippen LogP contribution in [0.5, 0.6) is 0 Å². The van der Waals surface area contributed by atoms with Crippen LogP contribution in [0.25, 0.3) is 0 Å². The molecule has 3 heterocycles. The van der Waals surface area contributed by atoms with Gasteiger partial charge in [0.25, 0.3) is 0 Å². The number of halogens is 1. The molecule has 0 aromatic rings. The first-order valence-corrected chi connectivity index (χ1v) is 11.6. The van der Waals surface area contributed by atoms with E-state index >= 15 is 0 Å². The third-order valence-corrected chi connectivity index (χ3v) is 7.34. The molecule has 0 amide bonds. The second-order valence-corrected chi connectivity index (χ2v) is 10.5. The van der Waals surface area contributed by atoms with E-state index < -0.39 is 9.84 Å². The van der Waals surface area contributed by atoms with Gasteiger partial charge in [0, 0.05) is 32.8 Å². The average Bonchev–Trinajstić information content (AvgIpc) is 3.15. The van der Waals surface area contributed by atoms with Crippen LogP contribution in [0.15, 0.2) is 4.99 Å². The van der Waals surface area contributed by atoms with Crippen LogP contribution in [0.2, 0.25) is 0 Å². The third kappa shape index (κ3) is 6.51. The Morgan fingerprint density at radius 1 is 1.23 bits per heavy atom. The molecular weight excluding hydrogens is 465 g/mol. The molecule has 3 aliphatic rings. The second kappa shape index (κ2) is 9.91. The van der Waals surface area contributed by atoms with Gasteiger partial charge in [0.05, 0.1) is 17.6 Å². The van der Waals surface area contributed by atoms with Gasteiger partial charge in [-0.3, -0.25) is 4.99 Å². The molecule has 0 aromatic carbocycles. The van der Waals surface area contributed by atoms with Crippen molar-refractivity contribution in [1.82, 2.24) is 10.2 Å². The minimum Gasteiger partial charge on any atom is -0.376 e. The third-order valence-electron chi connectivity index (χ3n) is 5.51. The molecule has 152 valence electrons. The van der Waals surface area contributed by atoms with Crippen molar-refractivity contribution < 1.29 is 13.2 Å². The van der Waals surface area contributed by atoms with Gasteiger partial charge >= 0.3 is 0 Å². The Morgan fingerprint density at radius 3 is 2.54 bits per heavy atom. The number of hydrogen-bond acceptors (Lipinski definition) is 4. The number of ether oxygens (including phenoxy) is 1. The van der Waals surface area contributed by atoms with Gasteiger partial charge in [-0.2, -0.15) is 0 Å². The van der Waals surface area contributed by atoms with Gasteiger partial charge in [-0.1, -0.05) is 13.8 Å². The van der Waals surface area contributed by atoms with Crippen LogP contribution in [0.4, 0.5) is 0 Å². The first kappa shape index (κ1) is 22.2. The topological polar surface area (TPSA) is 71.0 Å². The molecule has 0 aliphatic carbocycles. The largest absolute Gasteiger partial charge is 0.376 e. The van der Waals surface area contributed by atoms with E-state index in [2.05, 4.69) is 24.1 Å². The summed E-state index contributed by atoms with van der Waals surface area (Å²) in [6, 6.07) is 0. The number of nitrogens with one attached hydrogen (secondary N) is 1. The van der Waals surface area contributed by atoms with Gasteiger partial charge in [-0.25, -0.2) is 8.42 Å². The zero-order chi connectivity index (χ0) is 17.9. The molecule has 0 bridgehead atoms. The molecule has 4 atom stereocenters. The fourth-order valence-electron chi connectivity index (χ4n) is 4.35. The summed E-state index contributed by atoms with van der Waals surface area (Å²) in [6.45, 7) is 8.88. The number of rotatable bonds is 4. The molecular formula is C18H34IN3O3S. The van der Waals surface area contributed by atoms with Crippen molar-refractivity contribution >= 4 is 39.8 Å². The fourth-order valence-corrected chi connectivity index (χ4v) is 6.20. The zero-order valence-electron chi connectivity index (χ0n) is 16.0. The maximum atomic E-state index is 11.7. The van der Waals surface area contributed by atoms with Gasteiger partial charge in [0.1, 0.15) is 0 Å². The lowest BCUT2D eigenvalue weighted by Gasteiger charge is -2.37. The zero-order valence-corrected chi connectivity index (χ0v) is 19.2. The summed E-state index contributed by atoms with van der Waals surface area (Å²) >= 11 is 0. The number of nitrogens with zero attached hydrogens (tertiary/aromatic N) is 2. The summed E-state index contributed by atoms with van der Waals surface area (Å²) in [7, 11) is -2.83. The van der Waals surface area contributed by atoms with E-state index in [-0.39, 0.29) is 36.0 Å². The molecule has 4 unspecified atom stereocenters. The molecule has 0 radical (unpaired) electrons. The highest BCUT2D eigenvalue weighted by Gasteiger charge is 2.29. The number of sulfone groups is 1. The summed E-state index contributed by atoms with van der Waals surface area (Å²) in [5.74, 6) is 3.05. The van der Waals surface area contributed by atoms with Crippen LogP contribution in [0.1, 0.15) is 39.5 Å². The first-order valence-electron chi connectivity index (χ1n) is 9.76. The molecule has 6 nitrogen and oxygen atoms in total. The van der Waals surface area contributed by atoms with Gasteiger partial charge in [-0.15, -0.1) is 24.0 Å². The smallest absolute Gasteiger partial charge is 0.194 e. The lowest BCUT2D eigenvalue weighted by Crippen LogP contribution is -2.50. The maximum absolute atomic E-state index is 11.7. The Balaban J connectivity index is 0.00000243. The summed E-state index contributed by atoms with van der Waals surface area (Å²) in [5, 5.41) is 3.52. The van der Waals surface area contributed by atoms with Gasteiger partial charge < -0.3 is 15.0 Å². The minimum absolute atomic E-state index is 0. The fraction of sp³-hybridized carbons (Fsp3) is 0.944. The number of piperidine rings is 1. The molecule has 3 aliphatic heterocycles. The molecule has 1 N–H and O–H groups in total. The number of hydrogen-bond donors (Lipinski definition) is 1. The highest BCUT2D eigenvalue weighted by atomic mass is 127. The SMILES string of the molecule is CC1CC(C)CN(C(=NCC2CCS(=O)(=O)C2)NCC2CCCO2)C1.I. The second-order valence-electron chi connectivity index (χ2n) is 8.30. The van der Waals surface area contributed by atoms with Crippen molar-refractivity contribution in [2.24, 2.45) is 22.7 Å². The number of guanidine groups is 1. The Morgan fingerprint density at radius 2 is 1.96 bits per heavy atom. The van der Waals surface area contributed by atoms with E-state index in [1.807, 2.05) is 0 Å². The Labute approximate surface area is 175 Å². The van der Waals surface area contributed by atoms with Gasteiger partial charge in [0.2, 0.25) is 0 Å². The van der Waals surface area contributed by atoms with Crippen LogP contribution in [0, 0.1) is 17.8 Å². The Kier molecular flexibility index (Phi) is 8.46. The van der Waals surface area contributed by atoms with Crippen LogP contribution in [-0.2, 0) is 14.6 Å². The van der Waals surface area contributed by atoms with Gasteiger partial charge in [0.15, 0.2) is 15.8 Å². The summed E-state index contributed by atoms with van der Waals surface area (Å²) in [5.41, 5.74) is 0. The predicted molar refractivity (Wildman–Crippen MR) is 116 cm³/mol. The minimum atomic E-state index is -2.83. The molecule has 26 heavy (non-hydrogen) atoms. The van der Waals surface area contributed by atoms with Crippen molar-refractivity contribution in [2.75, 3.05) is 44.3 Å². The quantitative estimate of drug-likeness (QED) is 0.365. The molecule has 0 aromatic heterocycles. The number of aliphatic imine (C=N–C) groups is 1. The van der Waals surface area contributed by atoms with Crippen LogP contribution in [-0.4, -0.2) is 69.7 Å². The van der Waals surface area contributed by atoms with E-state index in [0.29, 0.717) is 29.9 Å². The first-order chi connectivity index (χ1) is 11.9. The Bertz CT molecular complexity index is 568. The average molecular weight is 499 g/mol. The van der Waals surface area contributed by atoms with Crippen molar-refractivity contribution in [2.45, 2.75) is 45.6 Å². The lowest BCUT2D eigenvalue weighted by atomic mass is 9.92. The van der Waals surface area contributed by atoms with E-state index in [0.717, 1.165) is 51.5 Å². The van der Waals surface area contributed by atoms with Crippen LogP contribution >= 0.6 is 24.0 Å². The summed E-state index contributed by atoms with van der Waals surface area (Å²) in [6.07, 6.45) is 4.52. The van der Waals surface area contributed by atoms with Crippen molar-refractivity contribution in [1.29, 1.82) is 0 Å². The van der Waals surface area contributed by atoms with E-state index in [4.69, 9.17) is 9.73 Å². The summed E-state index contributed by atoms with van der Waals surface area (Å²) < 4.78 is 29.1. The van der Waals surface area contributed by atoms with E-state index in [1.54, 1.807) is 0 Å². The van der Waals surface area contributed by atoms with Gasteiger partial charge in [-0.05, 0) is 43.4 Å². The molecule has 3 fully saturated rings. The van der Waals surface area contributed by atoms with Crippen molar-refractivity contribution in [3.05, 3.63) is 0 Å². The molecule has 3 rings (SSSR count). The van der Waals surface area contributed by atoms with Crippen molar-refractivity contribution in [3.63, 3.8) is 0 Å². The summed E-state index contributed by atoms with van der Waals surface area (Å²) in [4.78, 5) is 7.19. The highest BCUT2D eigenvalue weighted by molar-refractivity contribution is 14.0. The molecule has 3 saturated heterocycles. The highest BCUT2D eigenvalue weighted by Crippen LogP contribution is 2.22. The van der Waals surface area contributed by atoms with E-state index in [1.165, 1.54) is 6.42 Å². The van der Waals surface area contributed by atoms with Crippen molar-refractivity contribution in [3.8, 4) is 0 Å². The maximum Gasteiger partial charge on any atom is 0.194 e. The van der Waals surface area contributed by atoms with Crippen LogP contribution in [0.3, 0.4) is 0 Å². The van der Waals surface area contributed by atoms with Crippen LogP contribution < -0.4 is 5.32 Å². The van der Waals surface area contributed by atoms with E-state index in [9.17, 15) is 8.42 Å². The standard InChI is InChI=1S/C18H33N3O3S.HI/c1-14-8-15(2)12-21(11-14)18(20-10-17-4-3-6-24-17)19-9-16-5-7-25(22,23)13-16;/h14-17H,3-13H2,1-2H3,(H,19,20);1H. The monoisotopic (exact) mass is 499 g/mol. The molecule has 0 spiro atoms. The molecule has 8 heteroatoms. The molecule has 0 saturated carbocycles. The lowest BCUT2D eigenvalue weighted by molar-refractivity contribution is 0.112. The number of likely N-dealkylation sites (tertiary alicyclic amines) is 1. The Hall–Kier alpha value is -0.0900. The predicted octanol–water partition coefficient (Wildman–Crippen LogP) is 2.14.